The number of nitrogens with one attached hydrogen (secondary N) is 1. The van der Waals surface area contributed by atoms with Crippen LogP contribution in [-0.2, 0) is 11.3 Å². The smallest absolute Gasteiger partial charge is 0.227 e. The van der Waals surface area contributed by atoms with Crippen LogP contribution in [0.3, 0.4) is 0 Å². The van der Waals surface area contributed by atoms with Crippen molar-refractivity contribution in [3.8, 4) is 11.3 Å². The maximum Gasteiger partial charge on any atom is 0.227 e. The van der Waals surface area contributed by atoms with Crippen molar-refractivity contribution in [3.63, 3.8) is 0 Å². The highest BCUT2D eigenvalue weighted by Crippen LogP contribution is 2.28. The highest BCUT2D eigenvalue weighted by atomic mass is 32.1. The Morgan fingerprint density at radius 2 is 2.22 bits per heavy atom. The molecule has 1 N–H and O–H groups in total. The summed E-state index contributed by atoms with van der Waals surface area (Å²) in [5.74, 6) is -0.0415. The fourth-order valence-electron chi connectivity index (χ4n) is 2.39. The summed E-state index contributed by atoms with van der Waals surface area (Å²) in [7, 11) is 0. The third kappa shape index (κ3) is 3.84. The molecule has 0 saturated heterocycles. The Kier molecular flexibility index (Phi) is 4.52. The number of nitrogens with zero attached hydrogens (tertiary/aromatic N) is 3. The summed E-state index contributed by atoms with van der Waals surface area (Å²) in [6.45, 7) is 4.76. The van der Waals surface area contributed by atoms with Gasteiger partial charge in [-0.3, -0.25) is 4.79 Å². The highest BCUT2D eigenvalue weighted by Gasteiger charge is 2.10. The molecule has 0 radical (unpaired) electrons. The first-order valence-electron chi connectivity index (χ1n) is 7.40. The molecule has 0 atom stereocenters. The molecule has 118 valence electrons. The van der Waals surface area contributed by atoms with Crippen LogP contribution in [0.1, 0.15) is 17.5 Å². The predicted molar refractivity (Wildman–Crippen MR) is 92.5 cm³/mol. The molecule has 0 saturated carbocycles. The number of aryl methyl sites for hydroxylation is 3. The van der Waals surface area contributed by atoms with Gasteiger partial charge < -0.3 is 9.88 Å². The summed E-state index contributed by atoms with van der Waals surface area (Å²) in [4.78, 5) is 20.5. The van der Waals surface area contributed by atoms with Gasteiger partial charge in [-0.15, -0.1) is 11.3 Å². The monoisotopic (exact) mass is 326 g/mol. The number of imidazole rings is 1. The number of hydrogen-bond acceptors (Lipinski definition) is 4. The Labute approximate surface area is 139 Å². The van der Waals surface area contributed by atoms with E-state index in [0.29, 0.717) is 18.1 Å². The van der Waals surface area contributed by atoms with Crippen LogP contribution in [0.2, 0.25) is 0 Å². The largest absolute Gasteiger partial charge is 0.337 e. The summed E-state index contributed by atoms with van der Waals surface area (Å²) in [5, 5.41) is 5.47. The number of anilines is 1. The Morgan fingerprint density at radius 3 is 2.96 bits per heavy atom. The number of hydrogen-bond donors (Lipinski definition) is 1. The number of thiazole rings is 1. The van der Waals surface area contributed by atoms with Gasteiger partial charge in [0.15, 0.2) is 5.13 Å². The number of benzene rings is 1. The second-order valence-corrected chi connectivity index (χ2v) is 6.31. The maximum atomic E-state index is 12.0. The summed E-state index contributed by atoms with van der Waals surface area (Å²) in [6.07, 6.45) is 5.65. The molecule has 2 heterocycles. The van der Waals surface area contributed by atoms with E-state index >= 15 is 0 Å². The molecule has 5 nitrogen and oxygen atoms in total. The normalized spacial score (nSPS) is 10.7. The van der Waals surface area contributed by atoms with E-state index in [1.165, 1.54) is 22.5 Å². The first-order valence-corrected chi connectivity index (χ1v) is 8.28. The van der Waals surface area contributed by atoms with Crippen LogP contribution in [0, 0.1) is 13.8 Å². The number of carbonyl (C=O) groups is 1. The van der Waals surface area contributed by atoms with Gasteiger partial charge in [-0.25, -0.2) is 9.97 Å². The molecule has 1 aromatic carbocycles. The van der Waals surface area contributed by atoms with E-state index in [4.69, 9.17) is 0 Å². The van der Waals surface area contributed by atoms with E-state index in [9.17, 15) is 4.79 Å². The third-order valence-electron chi connectivity index (χ3n) is 3.56. The molecular weight excluding hydrogens is 308 g/mol. The van der Waals surface area contributed by atoms with Crippen molar-refractivity contribution in [2.24, 2.45) is 0 Å². The molecule has 0 unspecified atom stereocenters. The first kappa shape index (κ1) is 15.4. The Balaban J connectivity index is 1.63. The van der Waals surface area contributed by atoms with Crippen molar-refractivity contribution >= 4 is 22.4 Å². The lowest BCUT2D eigenvalue weighted by molar-refractivity contribution is -0.116. The molecule has 6 heteroatoms. The number of amides is 1. The second-order valence-electron chi connectivity index (χ2n) is 5.45. The van der Waals surface area contributed by atoms with Crippen molar-refractivity contribution in [1.29, 1.82) is 0 Å². The zero-order valence-electron chi connectivity index (χ0n) is 13.1. The van der Waals surface area contributed by atoms with Crippen molar-refractivity contribution in [1.82, 2.24) is 14.5 Å². The van der Waals surface area contributed by atoms with E-state index in [-0.39, 0.29) is 5.91 Å². The average molecular weight is 326 g/mol. The molecule has 0 aliphatic carbocycles. The van der Waals surface area contributed by atoms with E-state index in [0.717, 1.165) is 11.3 Å². The number of aromatic nitrogens is 3. The Bertz CT molecular complexity index is 808. The average Bonchev–Trinajstić information content (AvgIpc) is 3.17. The lowest BCUT2D eigenvalue weighted by Gasteiger charge is -2.04. The van der Waals surface area contributed by atoms with Gasteiger partial charge in [0, 0.05) is 36.3 Å². The van der Waals surface area contributed by atoms with Crippen molar-refractivity contribution in [2.45, 2.75) is 26.8 Å². The summed E-state index contributed by atoms with van der Waals surface area (Å²) in [5.41, 5.74) is 4.42. The van der Waals surface area contributed by atoms with Gasteiger partial charge in [-0.2, -0.15) is 0 Å². The first-order chi connectivity index (χ1) is 11.1. The minimum atomic E-state index is -0.0415. The van der Waals surface area contributed by atoms with Crippen LogP contribution in [0.5, 0.6) is 0 Å². The molecule has 23 heavy (non-hydrogen) atoms. The molecular formula is C17H18N4OS. The molecule has 0 fully saturated rings. The molecule has 2 aromatic heterocycles. The van der Waals surface area contributed by atoms with Crippen LogP contribution < -0.4 is 5.32 Å². The third-order valence-corrected chi connectivity index (χ3v) is 4.32. The van der Waals surface area contributed by atoms with Crippen LogP contribution in [0.15, 0.2) is 42.3 Å². The van der Waals surface area contributed by atoms with Crippen molar-refractivity contribution < 1.29 is 4.79 Å². The van der Waals surface area contributed by atoms with Gasteiger partial charge in [0.05, 0.1) is 12.0 Å². The standard InChI is InChI=1S/C17H18N4OS/c1-12-3-4-14(13(2)9-12)15-10-23-17(19-15)20-16(22)5-7-21-8-6-18-11-21/h3-4,6,8-11H,5,7H2,1-2H3,(H,19,20,22). The van der Waals surface area contributed by atoms with Crippen LogP contribution in [0.25, 0.3) is 11.3 Å². The van der Waals surface area contributed by atoms with Gasteiger partial charge in [0.2, 0.25) is 5.91 Å². The molecule has 1 amide bonds. The number of rotatable bonds is 5. The summed E-state index contributed by atoms with van der Waals surface area (Å²) in [6, 6.07) is 6.29. The molecule has 0 aliphatic heterocycles. The van der Waals surface area contributed by atoms with Crippen LogP contribution >= 0.6 is 11.3 Å². The van der Waals surface area contributed by atoms with Gasteiger partial charge in [0.25, 0.3) is 0 Å². The quantitative estimate of drug-likeness (QED) is 0.778. The number of carbonyl (C=O) groups excluding carboxylic acids is 1. The Hall–Kier alpha value is -2.47. The minimum absolute atomic E-state index is 0.0415. The van der Waals surface area contributed by atoms with Crippen molar-refractivity contribution in [2.75, 3.05) is 5.32 Å². The zero-order valence-corrected chi connectivity index (χ0v) is 13.9. The fraction of sp³-hybridized carbons (Fsp3) is 0.235. The molecule has 0 bridgehead atoms. The van der Waals surface area contributed by atoms with Gasteiger partial charge >= 0.3 is 0 Å². The second kappa shape index (κ2) is 6.75. The van der Waals surface area contributed by atoms with Gasteiger partial charge in [0.1, 0.15) is 0 Å². The topological polar surface area (TPSA) is 59.8 Å². The van der Waals surface area contributed by atoms with E-state index in [2.05, 4.69) is 47.3 Å². The zero-order chi connectivity index (χ0) is 16.2. The minimum Gasteiger partial charge on any atom is -0.337 e. The van der Waals surface area contributed by atoms with E-state index in [1.807, 2.05) is 16.1 Å². The van der Waals surface area contributed by atoms with Crippen LogP contribution in [-0.4, -0.2) is 20.4 Å². The SMILES string of the molecule is Cc1ccc(-c2csc(NC(=O)CCn3ccnc3)n2)c(C)c1. The molecule has 0 aliphatic rings. The predicted octanol–water partition coefficient (Wildman–Crippen LogP) is 3.65. The summed E-state index contributed by atoms with van der Waals surface area (Å²) < 4.78 is 1.88. The lowest BCUT2D eigenvalue weighted by Crippen LogP contribution is -2.13. The molecule has 0 spiro atoms. The summed E-state index contributed by atoms with van der Waals surface area (Å²) >= 11 is 1.45. The van der Waals surface area contributed by atoms with Gasteiger partial charge in [-0.1, -0.05) is 23.8 Å². The molecule has 3 aromatic rings. The molecule has 3 rings (SSSR count). The Morgan fingerprint density at radius 1 is 1.35 bits per heavy atom. The van der Waals surface area contributed by atoms with Crippen LogP contribution in [0.4, 0.5) is 5.13 Å². The van der Waals surface area contributed by atoms with E-state index in [1.54, 1.807) is 12.5 Å². The highest BCUT2D eigenvalue weighted by molar-refractivity contribution is 7.14. The van der Waals surface area contributed by atoms with E-state index < -0.39 is 0 Å². The fourth-order valence-corrected chi connectivity index (χ4v) is 3.11. The lowest BCUT2D eigenvalue weighted by atomic mass is 10.0. The van der Waals surface area contributed by atoms with Gasteiger partial charge in [-0.05, 0) is 19.4 Å². The van der Waals surface area contributed by atoms with Crippen molar-refractivity contribution in [3.05, 3.63) is 53.4 Å². The maximum absolute atomic E-state index is 12.0.